The molecule has 1 aromatic heterocycles. The summed E-state index contributed by atoms with van der Waals surface area (Å²) < 4.78 is 2.00. The lowest BCUT2D eigenvalue weighted by atomic mass is 10.1. The molecule has 23 heavy (non-hydrogen) atoms. The van der Waals surface area contributed by atoms with E-state index in [2.05, 4.69) is 4.98 Å². The summed E-state index contributed by atoms with van der Waals surface area (Å²) in [4.78, 5) is 4.40. The average molecular weight is 345 g/mol. The van der Waals surface area contributed by atoms with Gasteiger partial charge in [0.05, 0.1) is 0 Å². The van der Waals surface area contributed by atoms with Crippen LogP contribution >= 0.6 is 23.2 Å². The number of benzene rings is 2. The highest BCUT2D eigenvalue weighted by atomic mass is 35.5. The zero-order chi connectivity index (χ0) is 16.4. The van der Waals surface area contributed by atoms with Crippen LogP contribution in [0.5, 0.6) is 0 Å². The van der Waals surface area contributed by atoms with Crippen molar-refractivity contribution in [2.75, 3.05) is 0 Å². The molecule has 1 heterocycles. The molecule has 0 aliphatic rings. The standard InChI is InChI=1S/C17H14Cl2N4/c18-14-7-13(8-15(19)9-14)17-22-4-5-23(17)10-11-2-1-3-12(6-11)16(20)21/h1-9H,10H2,(H3,20,21). The van der Waals surface area contributed by atoms with E-state index < -0.39 is 0 Å². The molecule has 0 fully saturated rings. The van der Waals surface area contributed by atoms with E-state index in [4.69, 9.17) is 34.3 Å². The molecule has 3 N–H and O–H groups in total. The second kappa shape index (κ2) is 6.44. The number of nitrogen functional groups attached to an aromatic ring is 1. The van der Waals surface area contributed by atoms with Crippen molar-refractivity contribution in [3.63, 3.8) is 0 Å². The molecule has 2 aromatic carbocycles. The molecule has 0 spiro atoms. The van der Waals surface area contributed by atoms with Crippen molar-refractivity contribution in [2.45, 2.75) is 6.54 Å². The molecule has 6 heteroatoms. The first-order valence-electron chi connectivity index (χ1n) is 6.94. The summed E-state index contributed by atoms with van der Waals surface area (Å²) in [6.45, 7) is 0.612. The van der Waals surface area contributed by atoms with Gasteiger partial charge in [-0.3, -0.25) is 5.41 Å². The third-order valence-electron chi connectivity index (χ3n) is 3.43. The van der Waals surface area contributed by atoms with Gasteiger partial charge in [0.1, 0.15) is 11.7 Å². The van der Waals surface area contributed by atoms with Crippen molar-refractivity contribution in [1.82, 2.24) is 9.55 Å². The van der Waals surface area contributed by atoms with Gasteiger partial charge in [0.15, 0.2) is 0 Å². The SMILES string of the molecule is N=C(N)c1cccc(Cn2ccnc2-c2cc(Cl)cc(Cl)c2)c1. The minimum Gasteiger partial charge on any atom is -0.384 e. The van der Waals surface area contributed by atoms with Crippen LogP contribution in [0, 0.1) is 5.41 Å². The van der Waals surface area contributed by atoms with E-state index in [9.17, 15) is 0 Å². The first kappa shape index (κ1) is 15.6. The van der Waals surface area contributed by atoms with E-state index in [0.717, 1.165) is 17.0 Å². The molecule has 0 saturated carbocycles. The summed E-state index contributed by atoms with van der Waals surface area (Å²) in [5.41, 5.74) is 8.14. The van der Waals surface area contributed by atoms with E-state index in [1.807, 2.05) is 47.2 Å². The first-order valence-corrected chi connectivity index (χ1v) is 7.69. The molecule has 0 unspecified atom stereocenters. The maximum absolute atomic E-state index is 7.54. The van der Waals surface area contributed by atoms with E-state index in [-0.39, 0.29) is 5.84 Å². The lowest BCUT2D eigenvalue weighted by Crippen LogP contribution is -2.11. The third kappa shape index (κ3) is 3.55. The Morgan fingerprint density at radius 1 is 1.13 bits per heavy atom. The maximum atomic E-state index is 7.54. The highest BCUT2D eigenvalue weighted by molar-refractivity contribution is 6.35. The fourth-order valence-electron chi connectivity index (χ4n) is 2.41. The topological polar surface area (TPSA) is 67.7 Å². The van der Waals surface area contributed by atoms with Gasteiger partial charge in [-0.1, -0.05) is 41.4 Å². The Kier molecular flexibility index (Phi) is 4.37. The minimum atomic E-state index is 0.0549. The maximum Gasteiger partial charge on any atom is 0.140 e. The molecular formula is C17H14Cl2N4. The van der Waals surface area contributed by atoms with E-state index in [1.54, 1.807) is 12.3 Å². The van der Waals surface area contributed by atoms with Crippen LogP contribution < -0.4 is 5.73 Å². The van der Waals surface area contributed by atoms with Gasteiger partial charge in [-0.05, 0) is 29.8 Å². The predicted octanol–water partition coefficient (Wildman–Crippen LogP) is 4.19. The van der Waals surface area contributed by atoms with Gasteiger partial charge in [-0.25, -0.2) is 4.98 Å². The average Bonchev–Trinajstić information content (AvgIpc) is 2.94. The summed E-state index contributed by atoms with van der Waals surface area (Å²) in [6, 6.07) is 12.9. The molecule has 3 aromatic rings. The molecular weight excluding hydrogens is 331 g/mol. The van der Waals surface area contributed by atoms with Gasteiger partial charge in [-0.15, -0.1) is 0 Å². The van der Waals surface area contributed by atoms with Crippen LogP contribution in [0.3, 0.4) is 0 Å². The molecule has 0 aliphatic carbocycles. The first-order chi connectivity index (χ1) is 11.0. The Labute approximate surface area is 144 Å². The summed E-state index contributed by atoms with van der Waals surface area (Å²) >= 11 is 12.2. The van der Waals surface area contributed by atoms with Crippen molar-refractivity contribution in [1.29, 1.82) is 5.41 Å². The van der Waals surface area contributed by atoms with Crippen LogP contribution in [0.25, 0.3) is 11.4 Å². The number of imidazole rings is 1. The Morgan fingerprint density at radius 3 is 2.57 bits per heavy atom. The van der Waals surface area contributed by atoms with E-state index >= 15 is 0 Å². The second-order valence-electron chi connectivity index (χ2n) is 5.15. The smallest absolute Gasteiger partial charge is 0.140 e. The molecule has 0 saturated heterocycles. The number of rotatable bonds is 4. The van der Waals surface area contributed by atoms with Gasteiger partial charge in [-0.2, -0.15) is 0 Å². The summed E-state index contributed by atoms with van der Waals surface area (Å²) in [7, 11) is 0. The number of nitrogens with two attached hydrogens (primary N) is 1. The van der Waals surface area contributed by atoms with Crippen molar-refractivity contribution in [3.05, 3.63) is 76.0 Å². The monoisotopic (exact) mass is 344 g/mol. The lowest BCUT2D eigenvalue weighted by molar-refractivity contribution is 0.807. The van der Waals surface area contributed by atoms with Crippen molar-refractivity contribution >= 4 is 29.0 Å². The Bertz CT molecular complexity index is 850. The van der Waals surface area contributed by atoms with Gasteiger partial charge in [0, 0.05) is 40.1 Å². The van der Waals surface area contributed by atoms with Crippen LogP contribution in [0.2, 0.25) is 10.0 Å². The zero-order valence-corrected chi connectivity index (χ0v) is 13.6. The number of amidine groups is 1. The molecule has 0 bridgehead atoms. The summed E-state index contributed by atoms with van der Waals surface area (Å²) in [5, 5.41) is 8.68. The van der Waals surface area contributed by atoms with Crippen molar-refractivity contribution in [2.24, 2.45) is 5.73 Å². The highest BCUT2D eigenvalue weighted by Crippen LogP contribution is 2.26. The lowest BCUT2D eigenvalue weighted by Gasteiger charge is -2.10. The van der Waals surface area contributed by atoms with Crippen molar-refractivity contribution < 1.29 is 0 Å². The van der Waals surface area contributed by atoms with Gasteiger partial charge in [0.2, 0.25) is 0 Å². The fraction of sp³-hybridized carbons (Fsp3) is 0.0588. The summed E-state index contributed by atoms with van der Waals surface area (Å²) in [5.74, 6) is 0.835. The fourth-order valence-corrected chi connectivity index (χ4v) is 2.94. The van der Waals surface area contributed by atoms with Crippen LogP contribution in [0.15, 0.2) is 54.9 Å². The van der Waals surface area contributed by atoms with Crippen LogP contribution in [0.4, 0.5) is 0 Å². The Morgan fingerprint density at radius 2 is 1.87 bits per heavy atom. The van der Waals surface area contributed by atoms with Gasteiger partial charge in [0.25, 0.3) is 0 Å². The largest absolute Gasteiger partial charge is 0.384 e. The minimum absolute atomic E-state index is 0.0549. The number of hydrogen-bond donors (Lipinski definition) is 2. The van der Waals surface area contributed by atoms with Crippen LogP contribution in [-0.2, 0) is 6.54 Å². The van der Waals surface area contributed by atoms with Crippen LogP contribution in [0.1, 0.15) is 11.1 Å². The second-order valence-corrected chi connectivity index (χ2v) is 6.02. The molecule has 0 aliphatic heterocycles. The van der Waals surface area contributed by atoms with Gasteiger partial charge < -0.3 is 10.3 Å². The van der Waals surface area contributed by atoms with Crippen molar-refractivity contribution in [3.8, 4) is 11.4 Å². The predicted molar refractivity (Wildman–Crippen MR) is 94.2 cm³/mol. The Balaban J connectivity index is 1.95. The molecule has 116 valence electrons. The number of aromatic nitrogens is 2. The Hall–Kier alpha value is -2.30. The molecule has 0 amide bonds. The highest BCUT2D eigenvalue weighted by Gasteiger charge is 2.09. The zero-order valence-electron chi connectivity index (χ0n) is 12.1. The van der Waals surface area contributed by atoms with Crippen LogP contribution in [-0.4, -0.2) is 15.4 Å². The number of nitrogens with one attached hydrogen (secondary N) is 1. The molecule has 4 nitrogen and oxygen atoms in total. The quantitative estimate of drug-likeness (QED) is 0.550. The number of nitrogens with zero attached hydrogens (tertiary/aromatic N) is 2. The van der Waals surface area contributed by atoms with E-state index in [0.29, 0.717) is 22.2 Å². The molecule has 3 rings (SSSR count). The molecule has 0 atom stereocenters. The van der Waals surface area contributed by atoms with E-state index in [1.165, 1.54) is 0 Å². The normalized spacial score (nSPS) is 10.7. The van der Waals surface area contributed by atoms with Gasteiger partial charge >= 0.3 is 0 Å². The number of halogens is 2. The number of hydrogen-bond acceptors (Lipinski definition) is 2. The molecule has 0 radical (unpaired) electrons. The third-order valence-corrected chi connectivity index (χ3v) is 3.86. The summed E-state index contributed by atoms with van der Waals surface area (Å²) in [6.07, 6.45) is 3.63.